The minimum absolute atomic E-state index is 0.0990. The van der Waals surface area contributed by atoms with E-state index in [9.17, 15) is 33.1 Å². The van der Waals surface area contributed by atoms with Crippen molar-refractivity contribution in [3.63, 3.8) is 0 Å². The van der Waals surface area contributed by atoms with Crippen LogP contribution in [0, 0.1) is 18.3 Å². The molecule has 4 rings (SSSR count). The lowest BCUT2D eigenvalue weighted by molar-refractivity contribution is -0.139. The lowest BCUT2D eigenvalue weighted by Gasteiger charge is -2.42. The first-order chi connectivity index (χ1) is 19.0. The molecule has 0 bridgehead atoms. The van der Waals surface area contributed by atoms with E-state index in [1.165, 1.54) is 26.5 Å². The molecule has 1 aromatic heterocycles. The van der Waals surface area contributed by atoms with E-state index in [0.717, 1.165) is 10.1 Å². The Morgan fingerprint density at radius 1 is 1.18 bits per heavy atom. The number of fused-ring (bicyclic) bond motifs is 1. The standard InChI is InChI=1S/C28H29F3N4O5/c1-17-12-24(39-2)22(21-6-8-35(25(17)21)27(37)38)15-34-11-10-33(9-7-28(29,30)31)16-23(34)18-4-5-20(26(36)40-3)19(13-18)14-32/h4-6,8,12-13,23H,7,9-11,15-16H2,1-3H3,(H,37,38). The maximum absolute atomic E-state index is 13.0. The Balaban J connectivity index is 1.76. The van der Waals surface area contributed by atoms with Crippen molar-refractivity contribution in [3.05, 3.63) is 64.3 Å². The Morgan fingerprint density at radius 2 is 1.93 bits per heavy atom. The van der Waals surface area contributed by atoms with Crippen LogP contribution in [0.5, 0.6) is 5.75 Å². The number of halogens is 3. The molecule has 1 atom stereocenters. The topological polar surface area (TPSA) is 108 Å². The van der Waals surface area contributed by atoms with Gasteiger partial charge in [-0.25, -0.2) is 9.59 Å². The number of nitrogens with zero attached hydrogens (tertiary/aromatic N) is 4. The number of esters is 1. The van der Waals surface area contributed by atoms with Gasteiger partial charge in [0.15, 0.2) is 0 Å². The van der Waals surface area contributed by atoms with Crippen LogP contribution in [0.3, 0.4) is 0 Å². The van der Waals surface area contributed by atoms with Crippen molar-refractivity contribution in [2.45, 2.75) is 32.1 Å². The highest BCUT2D eigenvalue weighted by Crippen LogP contribution is 2.36. The van der Waals surface area contributed by atoms with Crippen LogP contribution in [0.2, 0.25) is 0 Å². The highest BCUT2D eigenvalue weighted by atomic mass is 19.4. The van der Waals surface area contributed by atoms with Crippen LogP contribution in [0.1, 0.15) is 45.1 Å². The zero-order valence-electron chi connectivity index (χ0n) is 22.3. The molecule has 0 aliphatic carbocycles. The number of ether oxygens (including phenoxy) is 2. The van der Waals surface area contributed by atoms with E-state index in [1.807, 2.05) is 6.07 Å². The van der Waals surface area contributed by atoms with Gasteiger partial charge in [-0.3, -0.25) is 14.4 Å². The summed E-state index contributed by atoms with van der Waals surface area (Å²) in [7, 11) is 2.74. The number of aromatic nitrogens is 1. The van der Waals surface area contributed by atoms with Gasteiger partial charge in [0.1, 0.15) is 11.8 Å². The number of carbonyl (C=O) groups is 2. The second kappa shape index (κ2) is 11.6. The van der Waals surface area contributed by atoms with Gasteiger partial charge in [-0.1, -0.05) is 6.07 Å². The van der Waals surface area contributed by atoms with Crippen LogP contribution in [-0.4, -0.2) is 78.1 Å². The number of carbonyl (C=O) groups excluding carboxylic acids is 1. The molecule has 0 amide bonds. The van der Waals surface area contributed by atoms with Crippen LogP contribution < -0.4 is 4.74 Å². The van der Waals surface area contributed by atoms with E-state index in [-0.39, 0.29) is 24.2 Å². The molecule has 1 aliphatic heterocycles. The first kappa shape index (κ1) is 28.9. The van der Waals surface area contributed by atoms with Gasteiger partial charge < -0.3 is 14.6 Å². The first-order valence-electron chi connectivity index (χ1n) is 12.5. The van der Waals surface area contributed by atoms with Crippen LogP contribution in [-0.2, 0) is 11.3 Å². The van der Waals surface area contributed by atoms with Gasteiger partial charge in [-0.2, -0.15) is 18.4 Å². The molecule has 0 spiro atoms. The summed E-state index contributed by atoms with van der Waals surface area (Å²) >= 11 is 0. The molecule has 1 unspecified atom stereocenters. The normalized spacial score (nSPS) is 16.6. The molecule has 9 nitrogen and oxygen atoms in total. The summed E-state index contributed by atoms with van der Waals surface area (Å²) in [5.41, 5.74) is 2.84. The number of piperazine rings is 1. The Labute approximate surface area is 228 Å². The predicted octanol–water partition coefficient (Wildman–Crippen LogP) is 4.95. The van der Waals surface area contributed by atoms with Gasteiger partial charge in [0.25, 0.3) is 0 Å². The molecular weight excluding hydrogens is 529 g/mol. The first-order valence-corrected chi connectivity index (χ1v) is 12.5. The van der Waals surface area contributed by atoms with Crippen molar-refractivity contribution in [1.29, 1.82) is 5.26 Å². The summed E-state index contributed by atoms with van der Waals surface area (Å²) in [6.45, 7) is 2.97. The molecule has 40 heavy (non-hydrogen) atoms. The Hall–Kier alpha value is -4.08. The second-order valence-corrected chi connectivity index (χ2v) is 9.67. The summed E-state index contributed by atoms with van der Waals surface area (Å²) in [5, 5.41) is 20.1. The van der Waals surface area contributed by atoms with Crippen LogP contribution in [0.4, 0.5) is 18.0 Å². The third kappa shape index (κ3) is 5.90. The Kier molecular flexibility index (Phi) is 8.37. The summed E-state index contributed by atoms with van der Waals surface area (Å²) in [4.78, 5) is 27.8. The maximum atomic E-state index is 13.0. The average Bonchev–Trinajstić information content (AvgIpc) is 3.39. The number of benzene rings is 2. The molecule has 1 fully saturated rings. The summed E-state index contributed by atoms with van der Waals surface area (Å²) < 4.78 is 50.6. The molecule has 1 N–H and O–H groups in total. The minimum Gasteiger partial charge on any atom is -0.496 e. The van der Waals surface area contributed by atoms with E-state index in [4.69, 9.17) is 9.47 Å². The number of aryl methyl sites for hydroxylation is 1. The van der Waals surface area contributed by atoms with E-state index >= 15 is 0 Å². The van der Waals surface area contributed by atoms with Gasteiger partial charge in [-0.05, 0) is 42.3 Å². The van der Waals surface area contributed by atoms with Gasteiger partial charge in [0, 0.05) is 55.9 Å². The molecule has 1 aliphatic rings. The minimum atomic E-state index is -4.29. The fourth-order valence-electron chi connectivity index (χ4n) is 5.29. The molecule has 2 heterocycles. The van der Waals surface area contributed by atoms with E-state index < -0.39 is 30.7 Å². The number of hydrogen-bond acceptors (Lipinski definition) is 7. The summed E-state index contributed by atoms with van der Waals surface area (Å²) in [6, 6.07) is 9.81. The van der Waals surface area contributed by atoms with Gasteiger partial charge in [0.05, 0.1) is 37.3 Å². The quantitative estimate of drug-likeness (QED) is 0.406. The van der Waals surface area contributed by atoms with E-state index in [0.29, 0.717) is 47.4 Å². The molecule has 2 aromatic carbocycles. The van der Waals surface area contributed by atoms with E-state index in [1.54, 1.807) is 36.1 Å². The van der Waals surface area contributed by atoms with Crippen molar-refractivity contribution in [2.24, 2.45) is 0 Å². The molecule has 212 valence electrons. The van der Waals surface area contributed by atoms with Crippen LogP contribution >= 0.6 is 0 Å². The number of methoxy groups -OCH3 is 2. The number of nitriles is 1. The molecule has 0 radical (unpaired) electrons. The van der Waals surface area contributed by atoms with E-state index in [2.05, 4.69) is 4.90 Å². The maximum Gasteiger partial charge on any atom is 0.416 e. The largest absolute Gasteiger partial charge is 0.496 e. The second-order valence-electron chi connectivity index (χ2n) is 9.67. The number of hydrogen-bond donors (Lipinski definition) is 1. The zero-order chi connectivity index (χ0) is 29.2. The smallest absolute Gasteiger partial charge is 0.416 e. The summed E-state index contributed by atoms with van der Waals surface area (Å²) in [6.07, 6.45) is -4.89. The van der Waals surface area contributed by atoms with Crippen molar-refractivity contribution in [3.8, 4) is 11.8 Å². The van der Waals surface area contributed by atoms with Gasteiger partial charge in [0.2, 0.25) is 0 Å². The fraction of sp³-hybridized carbons (Fsp3) is 0.393. The fourth-order valence-corrected chi connectivity index (χ4v) is 5.29. The van der Waals surface area contributed by atoms with Gasteiger partial charge >= 0.3 is 18.2 Å². The molecule has 12 heteroatoms. The van der Waals surface area contributed by atoms with Crippen LogP contribution in [0.25, 0.3) is 10.9 Å². The number of rotatable bonds is 7. The highest BCUT2D eigenvalue weighted by Gasteiger charge is 2.33. The zero-order valence-corrected chi connectivity index (χ0v) is 22.3. The average molecular weight is 559 g/mol. The van der Waals surface area contributed by atoms with Crippen molar-refractivity contribution >= 4 is 23.0 Å². The molecular formula is C28H29F3N4O5. The van der Waals surface area contributed by atoms with Crippen molar-refractivity contribution < 1.29 is 37.3 Å². The molecule has 3 aromatic rings. The van der Waals surface area contributed by atoms with Gasteiger partial charge in [-0.15, -0.1) is 0 Å². The number of alkyl halides is 3. The Bertz CT molecular complexity index is 1480. The van der Waals surface area contributed by atoms with Crippen LogP contribution in [0.15, 0.2) is 36.5 Å². The summed E-state index contributed by atoms with van der Waals surface area (Å²) in [5.74, 6) is -0.102. The number of carboxylic acid groups (broad SMARTS) is 1. The highest BCUT2D eigenvalue weighted by molar-refractivity contribution is 5.94. The van der Waals surface area contributed by atoms with Crippen molar-refractivity contribution in [1.82, 2.24) is 14.4 Å². The third-order valence-corrected chi connectivity index (χ3v) is 7.26. The third-order valence-electron chi connectivity index (χ3n) is 7.26. The lowest BCUT2D eigenvalue weighted by atomic mass is 9.96. The molecule has 1 saturated heterocycles. The molecule has 0 saturated carbocycles. The SMILES string of the molecule is COC(=O)c1ccc(C2CN(CCC(F)(F)F)CCN2Cc2c(OC)cc(C)c3c2ccn3C(=O)O)cc1C#N. The van der Waals surface area contributed by atoms with Crippen molar-refractivity contribution in [2.75, 3.05) is 40.4 Å². The Morgan fingerprint density at radius 3 is 2.55 bits per heavy atom. The monoisotopic (exact) mass is 558 g/mol. The predicted molar refractivity (Wildman–Crippen MR) is 139 cm³/mol. The lowest BCUT2D eigenvalue weighted by Crippen LogP contribution is -2.48.